The molecule has 18 heavy (non-hydrogen) atoms. The highest BCUT2D eigenvalue weighted by molar-refractivity contribution is 5.85. The van der Waals surface area contributed by atoms with E-state index in [0.29, 0.717) is 5.92 Å². The molecule has 2 heteroatoms. The van der Waals surface area contributed by atoms with E-state index in [1.807, 2.05) is 12.4 Å². The summed E-state index contributed by atoms with van der Waals surface area (Å²) in [6, 6.07) is 8.81. The zero-order valence-electron chi connectivity index (χ0n) is 10.9. The SMILES string of the molecule is CNCC1CCCC1c1cccc2cnccc12. The monoisotopic (exact) mass is 240 g/mol. The molecule has 0 bridgehead atoms. The second kappa shape index (κ2) is 5.07. The van der Waals surface area contributed by atoms with Crippen LogP contribution in [0, 0.1) is 5.92 Å². The van der Waals surface area contributed by atoms with Crippen LogP contribution >= 0.6 is 0 Å². The Kier molecular flexibility index (Phi) is 3.28. The summed E-state index contributed by atoms with van der Waals surface area (Å²) in [6.45, 7) is 1.13. The van der Waals surface area contributed by atoms with E-state index in [2.05, 4.69) is 41.6 Å². The van der Waals surface area contributed by atoms with Gasteiger partial charge in [-0.2, -0.15) is 0 Å². The summed E-state index contributed by atoms with van der Waals surface area (Å²) < 4.78 is 0. The van der Waals surface area contributed by atoms with Crippen molar-refractivity contribution in [3.8, 4) is 0 Å². The molecule has 0 spiro atoms. The Morgan fingerprint density at radius 3 is 3.11 bits per heavy atom. The molecule has 2 unspecified atom stereocenters. The molecule has 2 aromatic rings. The average molecular weight is 240 g/mol. The maximum atomic E-state index is 4.22. The minimum Gasteiger partial charge on any atom is -0.319 e. The molecule has 0 saturated heterocycles. The number of nitrogens with one attached hydrogen (secondary N) is 1. The lowest BCUT2D eigenvalue weighted by atomic mass is 9.86. The standard InChI is InChI=1S/C16H20N2/c1-17-10-12-4-2-6-14(12)16-7-3-5-13-11-18-9-8-15(13)16/h3,5,7-9,11-12,14,17H,2,4,6,10H2,1H3. The van der Waals surface area contributed by atoms with Gasteiger partial charge < -0.3 is 5.32 Å². The van der Waals surface area contributed by atoms with Gasteiger partial charge in [0, 0.05) is 17.8 Å². The molecule has 94 valence electrons. The van der Waals surface area contributed by atoms with Gasteiger partial charge in [-0.1, -0.05) is 24.6 Å². The van der Waals surface area contributed by atoms with E-state index in [1.165, 1.54) is 35.6 Å². The number of fused-ring (bicyclic) bond motifs is 1. The van der Waals surface area contributed by atoms with Crippen LogP contribution in [0.25, 0.3) is 10.8 Å². The fraction of sp³-hybridized carbons (Fsp3) is 0.438. The second-order valence-electron chi connectivity index (χ2n) is 5.30. The molecule has 1 heterocycles. The molecule has 0 aliphatic heterocycles. The highest BCUT2D eigenvalue weighted by atomic mass is 14.8. The molecule has 1 aliphatic rings. The number of aromatic nitrogens is 1. The summed E-state index contributed by atoms with van der Waals surface area (Å²) in [5.74, 6) is 1.50. The van der Waals surface area contributed by atoms with Crippen LogP contribution in [-0.2, 0) is 0 Å². The van der Waals surface area contributed by atoms with Crippen molar-refractivity contribution in [3.63, 3.8) is 0 Å². The molecule has 1 aromatic carbocycles. The van der Waals surface area contributed by atoms with Gasteiger partial charge in [0.05, 0.1) is 0 Å². The van der Waals surface area contributed by atoms with Crippen LogP contribution in [0.1, 0.15) is 30.7 Å². The van der Waals surface area contributed by atoms with Crippen LogP contribution in [0.3, 0.4) is 0 Å². The molecule has 1 fully saturated rings. The average Bonchev–Trinajstić information content (AvgIpc) is 2.87. The van der Waals surface area contributed by atoms with Crippen molar-refractivity contribution in [2.24, 2.45) is 5.92 Å². The quantitative estimate of drug-likeness (QED) is 0.890. The van der Waals surface area contributed by atoms with Crippen LogP contribution in [0.15, 0.2) is 36.7 Å². The first-order valence-electron chi connectivity index (χ1n) is 6.87. The van der Waals surface area contributed by atoms with Crippen molar-refractivity contribution in [3.05, 3.63) is 42.2 Å². The molecule has 2 atom stereocenters. The van der Waals surface area contributed by atoms with Crippen molar-refractivity contribution in [2.75, 3.05) is 13.6 Å². The van der Waals surface area contributed by atoms with Gasteiger partial charge in [0.15, 0.2) is 0 Å². The largest absolute Gasteiger partial charge is 0.319 e. The molecule has 1 aliphatic carbocycles. The molecular formula is C16H20N2. The predicted octanol–water partition coefficient (Wildman–Crippen LogP) is 3.34. The normalized spacial score (nSPS) is 23.6. The Balaban J connectivity index is 2.03. The maximum absolute atomic E-state index is 4.22. The number of nitrogens with zero attached hydrogens (tertiary/aromatic N) is 1. The number of hydrogen-bond donors (Lipinski definition) is 1. The van der Waals surface area contributed by atoms with Gasteiger partial charge in [-0.3, -0.25) is 4.98 Å². The summed E-state index contributed by atoms with van der Waals surface area (Å²) in [7, 11) is 2.06. The van der Waals surface area contributed by atoms with Crippen LogP contribution < -0.4 is 5.32 Å². The van der Waals surface area contributed by atoms with E-state index in [9.17, 15) is 0 Å². The topological polar surface area (TPSA) is 24.9 Å². The van der Waals surface area contributed by atoms with Gasteiger partial charge >= 0.3 is 0 Å². The van der Waals surface area contributed by atoms with Crippen molar-refractivity contribution in [1.29, 1.82) is 0 Å². The van der Waals surface area contributed by atoms with Crippen molar-refractivity contribution in [2.45, 2.75) is 25.2 Å². The molecular weight excluding hydrogens is 220 g/mol. The van der Waals surface area contributed by atoms with E-state index in [-0.39, 0.29) is 0 Å². The van der Waals surface area contributed by atoms with Gasteiger partial charge in [-0.05, 0) is 55.3 Å². The van der Waals surface area contributed by atoms with Crippen LogP contribution in [0.5, 0.6) is 0 Å². The highest BCUT2D eigenvalue weighted by Gasteiger charge is 2.28. The number of benzene rings is 1. The first kappa shape index (κ1) is 11.7. The number of hydrogen-bond acceptors (Lipinski definition) is 2. The maximum Gasteiger partial charge on any atom is 0.0346 e. The molecule has 1 aromatic heterocycles. The summed E-state index contributed by atoms with van der Waals surface area (Å²) >= 11 is 0. The van der Waals surface area contributed by atoms with Gasteiger partial charge in [-0.15, -0.1) is 0 Å². The van der Waals surface area contributed by atoms with E-state index < -0.39 is 0 Å². The summed E-state index contributed by atoms with van der Waals surface area (Å²) in [5, 5.41) is 6.00. The highest BCUT2D eigenvalue weighted by Crippen LogP contribution is 2.41. The fourth-order valence-corrected chi connectivity index (χ4v) is 3.42. The Morgan fingerprint density at radius 1 is 1.28 bits per heavy atom. The lowest BCUT2D eigenvalue weighted by molar-refractivity contribution is 0.464. The Labute approximate surface area is 108 Å². The van der Waals surface area contributed by atoms with Crippen LogP contribution in [0.2, 0.25) is 0 Å². The molecule has 0 radical (unpaired) electrons. The van der Waals surface area contributed by atoms with Gasteiger partial charge in [0.25, 0.3) is 0 Å². The summed E-state index contributed by atoms with van der Waals surface area (Å²) in [6.07, 6.45) is 7.92. The van der Waals surface area contributed by atoms with Crippen molar-refractivity contribution < 1.29 is 0 Å². The van der Waals surface area contributed by atoms with Crippen LogP contribution in [0.4, 0.5) is 0 Å². The first-order valence-corrected chi connectivity index (χ1v) is 6.87. The van der Waals surface area contributed by atoms with Crippen LogP contribution in [-0.4, -0.2) is 18.6 Å². The molecule has 3 rings (SSSR count). The third-order valence-electron chi connectivity index (χ3n) is 4.24. The minimum absolute atomic E-state index is 0.712. The number of pyridine rings is 1. The third-order valence-corrected chi connectivity index (χ3v) is 4.24. The smallest absolute Gasteiger partial charge is 0.0346 e. The third kappa shape index (κ3) is 2.01. The zero-order valence-corrected chi connectivity index (χ0v) is 10.9. The van der Waals surface area contributed by atoms with Gasteiger partial charge in [0.1, 0.15) is 0 Å². The summed E-state index contributed by atoms with van der Waals surface area (Å²) in [5.41, 5.74) is 1.52. The second-order valence-corrected chi connectivity index (χ2v) is 5.30. The number of rotatable bonds is 3. The fourth-order valence-electron chi connectivity index (χ4n) is 3.42. The predicted molar refractivity (Wildman–Crippen MR) is 75.8 cm³/mol. The van der Waals surface area contributed by atoms with E-state index in [0.717, 1.165) is 12.5 Å². The molecule has 1 saturated carbocycles. The summed E-state index contributed by atoms with van der Waals surface area (Å²) in [4.78, 5) is 4.22. The first-order chi connectivity index (χ1) is 8.90. The van der Waals surface area contributed by atoms with Gasteiger partial charge in [0.2, 0.25) is 0 Å². The Morgan fingerprint density at radius 2 is 2.22 bits per heavy atom. The lowest BCUT2D eigenvalue weighted by Gasteiger charge is -2.21. The Bertz CT molecular complexity index is 530. The zero-order chi connectivity index (χ0) is 12.4. The molecule has 0 amide bonds. The van der Waals surface area contributed by atoms with Crippen molar-refractivity contribution >= 4 is 10.8 Å². The lowest BCUT2D eigenvalue weighted by Crippen LogP contribution is -2.21. The molecule has 2 nitrogen and oxygen atoms in total. The van der Waals surface area contributed by atoms with E-state index in [4.69, 9.17) is 0 Å². The van der Waals surface area contributed by atoms with Gasteiger partial charge in [-0.25, -0.2) is 0 Å². The van der Waals surface area contributed by atoms with E-state index >= 15 is 0 Å². The Hall–Kier alpha value is -1.41. The molecule has 1 N–H and O–H groups in total. The minimum atomic E-state index is 0.712. The van der Waals surface area contributed by atoms with Crippen molar-refractivity contribution in [1.82, 2.24) is 10.3 Å². The van der Waals surface area contributed by atoms with E-state index in [1.54, 1.807) is 0 Å².